The smallest absolute Gasteiger partial charge is 0.260 e. The molecular formula is C28H29ClN4O5S2. The Morgan fingerprint density at radius 2 is 1.70 bits per heavy atom. The number of thiazole rings is 1. The van der Waals surface area contributed by atoms with Gasteiger partial charge in [0, 0.05) is 43.9 Å². The van der Waals surface area contributed by atoms with Crippen molar-refractivity contribution >= 4 is 55.0 Å². The number of ether oxygens (including phenoxy) is 2. The first-order valence-electron chi connectivity index (χ1n) is 12.6. The second-order valence-corrected chi connectivity index (χ2v) is 12.8. The van der Waals surface area contributed by atoms with E-state index in [2.05, 4.69) is 0 Å². The lowest BCUT2D eigenvalue weighted by Crippen LogP contribution is -2.37. The van der Waals surface area contributed by atoms with Crippen LogP contribution in [0.2, 0.25) is 0 Å². The zero-order valence-corrected chi connectivity index (χ0v) is 24.5. The van der Waals surface area contributed by atoms with Gasteiger partial charge in [-0.2, -0.15) is 4.31 Å². The van der Waals surface area contributed by atoms with Gasteiger partial charge in [-0.25, -0.2) is 13.4 Å². The highest BCUT2D eigenvalue weighted by molar-refractivity contribution is 7.89. The molecule has 0 unspecified atom stereocenters. The van der Waals surface area contributed by atoms with Crippen LogP contribution in [-0.2, 0) is 23.0 Å². The molecule has 0 saturated carbocycles. The van der Waals surface area contributed by atoms with E-state index in [4.69, 9.17) is 14.5 Å². The van der Waals surface area contributed by atoms with E-state index < -0.39 is 10.0 Å². The Morgan fingerprint density at radius 3 is 2.42 bits per heavy atom. The van der Waals surface area contributed by atoms with Crippen LogP contribution in [0.1, 0.15) is 21.5 Å². The van der Waals surface area contributed by atoms with E-state index in [-0.39, 0.29) is 30.0 Å². The second kappa shape index (κ2) is 11.3. The summed E-state index contributed by atoms with van der Waals surface area (Å²) in [5.74, 6) is 1.06. The Labute approximate surface area is 243 Å². The molecule has 0 N–H and O–H groups in total. The number of benzene rings is 3. The highest BCUT2D eigenvalue weighted by Gasteiger charge is 2.29. The number of fused-ring (bicyclic) bond motifs is 3. The summed E-state index contributed by atoms with van der Waals surface area (Å²) in [5, 5.41) is 0.559. The Kier molecular flexibility index (Phi) is 8.03. The standard InChI is InChI=1S/C28H28N4O5S2.ClH/c1-30(2)13-14-32(28-29-23-15-24-25(37-18-36-24)16-26(23)38-28)27(33)20-7-9-22(10-8-20)39(34,35)31-12-11-19-5-3-4-6-21(19)17-31;/h3-10,15-16H,11-14,17-18H2,1-2H3;1H. The van der Waals surface area contributed by atoms with Gasteiger partial charge < -0.3 is 14.4 Å². The number of halogens is 1. The molecule has 9 nitrogen and oxygen atoms in total. The first-order valence-corrected chi connectivity index (χ1v) is 14.9. The summed E-state index contributed by atoms with van der Waals surface area (Å²) in [6.45, 7) is 2.01. The number of amides is 1. The monoisotopic (exact) mass is 600 g/mol. The van der Waals surface area contributed by atoms with E-state index >= 15 is 0 Å². The summed E-state index contributed by atoms with van der Waals surface area (Å²) >= 11 is 1.40. The molecule has 2 aliphatic rings. The largest absolute Gasteiger partial charge is 0.454 e. The number of nitrogens with zero attached hydrogens (tertiary/aromatic N) is 4. The summed E-state index contributed by atoms with van der Waals surface area (Å²) in [7, 11) is 0.191. The molecule has 0 atom stereocenters. The minimum absolute atomic E-state index is 0. The van der Waals surface area contributed by atoms with Crippen molar-refractivity contribution in [2.24, 2.45) is 0 Å². The van der Waals surface area contributed by atoms with Crippen LogP contribution in [0.4, 0.5) is 5.13 Å². The molecule has 6 rings (SSSR count). The maximum atomic E-state index is 13.7. The van der Waals surface area contributed by atoms with Crippen molar-refractivity contribution in [3.8, 4) is 11.5 Å². The number of carbonyl (C=O) groups excluding carboxylic acids is 1. The highest BCUT2D eigenvalue weighted by Crippen LogP contribution is 2.40. The fourth-order valence-electron chi connectivity index (χ4n) is 4.75. The fraction of sp³-hybridized carbons (Fsp3) is 0.286. The van der Waals surface area contributed by atoms with E-state index in [9.17, 15) is 13.2 Å². The molecule has 210 valence electrons. The van der Waals surface area contributed by atoms with Gasteiger partial charge in [-0.05, 0) is 55.9 Å². The number of carbonyl (C=O) groups is 1. The number of likely N-dealkylation sites (N-methyl/N-ethyl adjacent to an activating group) is 1. The van der Waals surface area contributed by atoms with Crippen molar-refractivity contribution in [3.63, 3.8) is 0 Å². The summed E-state index contributed by atoms with van der Waals surface area (Å²) in [5.41, 5.74) is 3.33. The van der Waals surface area contributed by atoms with Gasteiger partial charge in [0.2, 0.25) is 16.8 Å². The molecule has 40 heavy (non-hydrogen) atoms. The van der Waals surface area contributed by atoms with Gasteiger partial charge in [0.05, 0.1) is 15.1 Å². The molecule has 0 aliphatic carbocycles. The fourth-order valence-corrected chi connectivity index (χ4v) is 7.17. The van der Waals surface area contributed by atoms with Gasteiger partial charge in [0.15, 0.2) is 16.6 Å². The third-order valence-electron chi connectivity index (χ3n) is 6.95. The Bertz CT molecular complexity index is 1620. The summed E-state index contributed by atoms with van der Waals surface area (Å²) < 4.78 is 40.1. The maximum absolute atomic E-state index is 13.7. The van der Waals surface area contributed by atoms with Gasteiger partial charge in [-0.3, -0.25) is 9.69 Å². The van der Waals surface area contributed by atoms with Gasteiger partial charge in [-0.15, -0.1) is 12.4 Å². The average molecular weight is 601 g/mol. The molecule has 0 fully saturated rings. The zero-order chi connectivity index (χ0) is 27.1. The second-order valence-electron chi connectivity index (χ2n) is 9.81. The average Bonchev–Trinajstić information content (AvgIpc) is 3.57. The molecule has 12 heteroatoms. The van der Waals surface area contributed by atoms with Crippen molar-refractivity contribution in [2.75, 3.05) is 45.4 Å². The van der Waals surface area contributed by atoms with Crippen LogP contribution in [0, 0.1) is 0 Å². The molecule has 1 amide bonds. The Morgan fingerprint density at radius 1 is 1.00 bits per heavy atom. The first kappa shape index (κ1) is 28.3. The van der Waals surface area contributed by atoms with Crippen LogP contribution in [0.15, 0.2) is 65.6 Å². The minimum Gasteiger partial charge on any atom is -0.454 e. The van der Waals surface area contributed by atoms with E-state index in [0.717, 1.165) is 15.8 Å². The number of hydrogen-bond acceptors (Lipinski definition) is 8. The highest BCUT2D eigenvalue weighted by atomic mass is 35.5. The van der Waals surface area contributed by atoms with Crippen molar-refractivity contribution in [3.05, 3.63) is 77.4 Å². The van der Waals surface area contributed by atoms with Crippen LogP contribution in [0.3, 0.4) is 0 Å². The van der Waals surface area contributed by atoms with Crippen molar-refractivity contribution in [1.29, 1.82) is 0 Å². The SMILES string of the molecule is CN(C)CCN(C(=O)c1ccc(S(=O)(=O)N2CCc3ccccc3C2)cc1)c1nc2cc3c(cc2s1)OCO3.Cl. The number of sulfonamides is 1. The quantitative estimate of drug-likeness (QED) is 0.310. The molecule has 0 bridgehead atoms. The molecule has 0 spiro atoms. The lowest BCUT2D eigenvalue weighted by atomic mass is 10.0. The lowest BCUT2D eigenvalue weighted by Gasteiger charge is -2.28. The molecular weight excluding hydrogens is 572 g/mol. The van der Waals surface area contributed by atoms with Gasteiger partial charge >= 0.3 is 0 Å². The normalized spacial score (nSPS) is 14.7. The van der Waals surface area contributed by atoms with Crippen molar-refractivity contribution in [2.45, 2.75) is 17.9 Å². The van der Waals surface area contributed by atoms with Crippen LogP contribution in [-0.4, -0.2) is 69.0 Å². The molecule has 0 radical (unpaired) electrons. The zero-order valence-electron chi connectivity index (χ0n) is 22.1. The van der Waals surface area contributed by atoms with Gasteiger partial charge in [0.1, 0.15) is 0 Å². The predicted octanol–water partition coefficient (Wildman–Crippen LogP) is 4.40. The number of rotatable bonds is 7. The van der Waals surface area contributed by atoms with E-state index in [1.807, 2.05) is 55.4 Å². The number of aromatic nitrogens is 1. The maximum Gasteiger partial charge on any atom is 0.260 e. The van der Waals surface area contributed by atoms with Crippen LogP contribution < -0.4 is 14.4 Å². The van der Waals surface area contributed by atoms with Gasteiger partial charge in [-0.1, -0.05) is 35.6 Å². The molecule has 2 aliphatic heterocycles. The Hall–Kier alpha value is -3.22. The Balaban J connectivity index is 0.00000323. The third-order valence-corrected chi connectivity index (χ3v) is 9.85. The lowest BCUT2D eigenvalue weighted by molar-refractivity contribution is 0.0985. The van der Waals surface area contributed by atoms with Crippen molar-refractivity contribution in [1.82, 2.24) is 14.2 Å². The first-order chi connectivity index (χ1) is 18.8. The van der Waals surface area contributed by atoms with E-state index in [1.165, 1.54) is 33.3 Å². The van der Waals surface area contributed by atoms with Crippen molar-refractivity contribution < 1.29 is 22.7 Å². The van der Waals surface area contributed by atoms with Crippen LogP contribution in [0.25, 0.3) is 10.2 Å². The number of anilines is 1. The molecule has 0 saturated heterocycles. The van der Waals surface area contributed by atoms with E-state index in [0.29, 0.717) is 54.8 Å². The van der Waals surface area contributed by atoms with Crippen LogP contribution in [0.5, 0.6) is 11.5 Å². The topological polar surface area (TPSA) is 92.3 Å². The van der Waals surface area contributed by atoms with Gasteiger partial charge in [0.25, 0.3) is 5.91 Å². The molecule has 4 aromatic rings. The summed E-state index contributed by atoms with van der Waals surface area (Å²) in [6, 6.07) is 17.8. The molecule has 3 heterocycles. The molecule has 3 aromatic carbocycles. The number of hydrogen-bond donors (Lipinski definition) is 0. The summed E-state index contributed by atoms with van der Waals surface area (Å²) in [6.07, 6.45) is 0.677. The third kappa shape index (κ3) is 5.39. The van der Waals surface area contributed by atoms with Crippen LogP contribution >= 0.6 is 23.7 Å². The predicted molar refractivity (Wildman–Crippen MR) is 157 cm³/mol. The summed E-state index contributed by atoms with van der Waals surface area (Å²) in [4.78, 5) is 22.2. The van der Waals surface area contributed by atoms with E-state index in [1.54, 1.807) is 17.0 Å². The minimum atomic E-state index is -3.70. The molecule has 1 aromatic heterocycles.